The summed E-state index contributed by atoms with van der Waals surface area (Å²) in [7, 11) is 0. The largest absolute Gasteiger partial charge is 0.320 e. The molecule has 0 saturated heterocycles. The van der Waals surface area contributed by atoms with Gasteiger partial charge in [-0.2, -0.15) is 0 Å². The highest BCUT2D eigenvalue weighted by molar-refractivity contribution is 6.21. The summed E-state index contributed by atoms with van der Waals surface area (Å²) in [5.41, 5.74) is 13.2. The number of allylic oxidation sites excluding steroid dienone is 2. The first kappa shape index (κ1) is 37.5. The Bertz CT molecular complexity index is 3200. The molecule has 0 saturated carbocycles. The molecule has 0 aliphatic heterocycles. The van der Waals surface area contributed by atoms with Crippen LogP contribution in [0.4, 0.5) is 0 Å². The van der Waals surface area contributed by atoms with E-state index in [2.05, 4.69) is 161 Å². The fraction of sp³-hybridized carbons (Fsp3) is 0.0714. The van der Waals surface area contributed by atoms with Crippen LogP contribution in [0.15, 0.2) is 221 Å². The van der Waals surface area contributed by atoms with Gasteiger partial charge in [-0.05, 0) is 100 Å². The van der Waals surface area contributed by atoms with E-state index >= 15 is 0 Å². The summed E-state index contributed by atoms with van der Waals surface area (Å²) in [6, 6.07) is 61.1. The lowest BCUT2D eigenvalue weighted by atomic mass is 9.68. The van der Waals surface area contributed by atoms with E-state index in [9.17, 15) is 0 Å². The summed E-state index contributed by atoms with van der Waals surface area (Å²) in [5, 5.41) is 4.80. The molecule has 0 fully saturated rings. The number of aliphatic imine (C=N–C) groups is 3. The second-order valence-electron chi connectivity index (χ2n) is 15.3. The molecule has 2 aromatic heterocycles. The van der Waals surface area contributed by atoms with Gasteiger partial charge < -0.3 is 4.57 Å². The van der Waals surface area contributed by atoms with Gasteiger partial charge in [0.1, 0.15) is 6.67 Å². The lowest BCUT2D eigenvalue weighted by Crippen LogP contribution is -2.28. The van der Waals surface area contributed by atoms with Gasteiger partial charge in [0, 0.05) is 34.3 Å². The van der Waals surface area contributed by atoms with Crippen molar-refractivity contribution in [3.63, 3.8) is 0 Å². The molecule has 10 rings (SSSR count). The van der Waals surface area contributed by atoms with Crippen LogP contribution < -0.4 is 0 Å². The summed E-state index contributed by atoms with van der Waals surface area (Å²) < 4.78 is 2.34. The Kier molecular flexibility index (Phi) is 9.70. The number of nitrogens with zero attached hydrogens (tertiary/aromatic N) is 5. The summed E-state index contributed by atoms with van der Waals surface area (Å²) >= 11 is 0. The Labute approximate surface area is 356 Å². The van der Waals surface area contributed by atoms with Gasteiger partial charge in [-0.25, -0.2) is 15.0 Å². The third-order valence-corrected chi connectivity index (χ3v) is 12.1. The van der Waals surface area contributed by atoms with Crippen molar-refractivity contribution in [3.05, 3.63) is 234 Å². The average Bonchev–Trinajstić information content (AvgIpc) is 3.82. The van der Waals surface area contributed by atoms with Gasteiger partial charge in [-0.3, -0.25) is 4.98 Å². The number of hydrogen-bond acceptors (Lipinski definition) is 2. The van der Waals surface area contributed by atoms with Crippen molar-refractivity contribution >= 4 is 51.0 Å². The van der Waals surface area contributed by atoms with Crippen molar-refractivity contribution in [1.82, 2.24) is 9.55 Å². The Morgan fingerprint density at radius 1 is 0.656 bits per heavy atom. The summed E-state index contributed by atoms with van der Waals surface area (Å²) in [4.78, 5) is 19.2. The number of fused-ring (bicyclic) bond motifs is 8. The Balaban J connectivity index is 1.22. The first-order valence-corrected chi connectivity index (χ1v) is 20.7. The highest BCUT2D eigenvalue weighted by atomic mass is 15.1. The minimum atomic E-state index is -0.522. The normalized spacial score (nSPS) is 15.5. The molecule has 0 N–H and O–H groups in total. The third-order valence-electron chi connectivity index (χ3n) is 12.1. The summed E-state index contributed by atoms with van der Waals surface area (Å²) in [6.45, 7) is 8.19. The molecule has 0 amide bonds. The van der Waals surface area contributed by atoms with Crippen LogP contribution in [-0.4, -0.2) is 27.9 Å². The highest BCUT2D eigenvalue weighted by Gasteiger charge is 2.46. The number of pyridine rings is 1. The Morgan fingerprint density at radius 2 is 1.36 bits per heavy atom. The van der Waals surface area contributed by atoms with Crippen molar-refractivity contribution in [3.8, 4) is 22.3 Å². The molecule has 0 radical (unpaired) electrons. The number of aromatic nitrogens is 2. The van der Waals surface area contributed by atoms with Gasteiger partial charge >= 0.3 is 0 Å². The molecule has 1 aliphatic rings. The topological polar surface area (TPSA) is 54.9 Å². The minimum absolute atomic E-state index is 0.337. The lowest BCUT2D eigenvalue weighted by molar-refractivity contribution is 0.766. The third kappa shape index (κ3) is 6.17. The van der Waals surface area contributed by atoms with Crippen LogP contribution in [-0.2, 0) is 12.1 Å². The average molecular weight is 786 g/mol. The number of amidine groups is 2. The molecule has 5 nitrogen and oxygen atoms in total. The molecule has 1 aliphatic carbocycles. The molecule has 1 atom stereocenters. The zero-order chi connectivity index (χ0) is 41.3. The zero-order valence-corrected chi connectivity index (χ0v) is 34.2. The molecular weight excluding hydrogens is 743 g/mol. The molecule has 9 aromatic rings. The van der Waals surface area contributed by atoms with E-state index in [0.29, 0.717) is 18.3 Å². The van der Waals surface area contributed by atoms with Crippen LogP contribution in [0.2, 0.25) is 0 Å². The maximum atomic E-state index is 5.31. The SMILES string of the molecule is C=NC(=N/C(=N\Cn1c2cc(-c3cccc4c3-c3ccccc3C4(c3ccccc3)c3ccncc3)ccc2c2c3ccccc3ccc21)c1ccccc1)/C(/C=C\C)=C/C. The maximum Gasteiger partial charge on any atom is 0.160 e. The molecule has 7 aromatic carbocycles. The molecule has 61 heavy (non-hydrogen) atoms. The molecule has 0 spiro atoms. The van der Waals surface area contributed by atoms with Crippen molar-refractivity contribution in [2.24, 2.45) is 15.0 Å². The Morgan fingerprint density at radius 3 is 2.15 bits per heavy atom. The van der Waals surface area contributed by atoms with E-state index in [-0.39, 0.29) is 0 Å². The summed E-state index contributed by atoms with van der Waals surface area (Å²) in [5.74, 6) is 1.11. The first-order chi connectivity index (χ1) is 30.1. The van der Waals surface area contributed by atoms with E-state index in [1.54, 1.807) is 0 Å². The first-order valence-electron chi connectivity index (χ1n) is 20.7. The molecule has 0 bridgehead atoms. The lowest BCUT2D eigenvalue weighted by Gasteiger charge is -2.33. The van der Waals surface area contributed by atoms with Crippen LogP contribution in [0.25, 0.3) is 54.8 Å². The summed E-state index contributed by atoms with van der Waals surface area (Å²) in [6.07, 6.45) is 9.80. The predicted molar refractivity (Wildman–Crippen MR) is 256 cm³/mol. The number of benzene rings is 7. The van der Waals surface area contributed by atoms with Gasteiger partial charge in [-0.1, -0.05) is 164 Å². The van der Waals surface area contributed by atoms with E-state index < -0.39 is 5.41 Å². The monoisotopic (exact) mass is 785 g/mol. The Hall–Kier alpha value is -7.76. The number of hydrogen-bond donors (Lipinski definition) is 0. The quantitative estimate of drug-likeness (QED) is 0.0860. The maximum absolute atomic E-state index is 5.31. The van der Waals surface area contributed by atoms with Crippen LogP contribution in [0.1, 0.15) is 41.7 Å². The van der Waals surface area contributed by atoms with E-state index in [4.69, 9.17) is 9.98 Å². The van der Waals surface area contributed by atoms with Gasteiger partial charge in [0.2, 0.25) is 0 Å². The van der Waals surface area contributed by atoms with Gasteiger partial charge in [0.25, 0.3) is 0 Å². The fourth-order valence-corrected chi connectivity index (χ4v) is 9.52. The van der Waals surface area contributed by atoms with E-state index in [0.717, 1.165) is 27.7 Å². The van der Waals surface area contributed by atoms with Crippen molar-refractivity contribution in [2.75, 3.05) is 0 Å². The van der Waals surface area contributed by atoms with E-state index in [1.807, 2.05) is 74.8 Å². The van der Waals surface area contributed by atoms with Gasteiger partial charge in [0.15, 0.2) is 11.7 Å². The van der Waals surface area contributed by atoms with Crippen molar-refractivity contribution in [2.45, 2.75) is 25.9 Å². The van der Waals surface area contributed by atoms with Gasteiger partial charge in [0.05, 0.1) is 16.4 Å². The fourth-order valence-electron chi connectivity index (χ4n) is 9.52. The number of rotatable bonds is 8. The predicted octanol–water partition coefficient (Wildman–Crippen LogP) is 13.4. The zero-order valence-electron chi connectivity index (χ0n) is 34.2. The minimum Gasteiger partial charge on any atom is -0.320 e. The molecule has 5 heteroatoms. The van der Waals surface area contributed by atoms with E-state index in [1.165, 1.54) is 60.5 Å². The van der Waals surface area contributed by atoms with Crippen LogP contribution in [0.5, 0.6) is 0 Å². The smallest absolute Gasteiger partial charge is 0.160 e. The van der Waals surface area contributed by atoms with Crippen LogP contribution in [0.3, 0.4) is 0 Å². The van der Waals surface area contributed by atoms with Crippen LogP contribution >= 0.6 is 0 Å². The molecule has 292 valence electrons. The second kappa shape index (κ2) is 15.8. The van der Waals surface area contributed by atoms with Gasteiger partial charge in [-0.15, -0.1) is 0 Å². The highest BCUT2D eigenvalue weighted by Crippen LogP contribution is 2.58. The standard InChI is InChI=1S/C56H43N5/c1-4-17-38(5-2)54(57-3)60-55(40-19-8-6-9-20-40)59-37-61-50-31-29-39-18-12-13-23-44(39)53(50)47-30-28-41(36-51(47)61)45-25-16-27-49-52(45)46-24-14-15-26-48(46)56(49,42-21-10-7-11-22-42)43-32-34-58-35-33-43/h4-36H,3,37H2,1-2H3/b17-4-,38-5+,59-55-,60-54+. The van der Waals surface area contributed by atoms with Crippen molar-refractivity contribution in [1.29, 1.82) is 0 Å². The second-order valence-corrected chi connectivity index (χ2v) is 15.3. The molecule has 2 heterocycles. The van der Waals surface area contributed by atoms with Crippen molar-refractivity contribution < 1.29 is 0 Å². The molecular formula is C56H43N5. The van der Waals surface area contributed by atoms with Crippen LogP contribution in [0, 0.1) is 0 Å². The molecule has 1 unspecified atom stereocenters.